The highest BCUT2D eigenvalue weighted by Crippen LogP contribution is 2.39. The summed E-state index contributed by atoms with van der Waals surface area (Å²) in [5.41, 5.74) is 6.51. The summed E-state index contributed by atoms with van der Waals surface area (Å²) in [4.78, 5) is 30.0. The number of hydrogen-bond donors (Lipinski definition) is 0. The molecule has 6 aromatic carbocycles. The molecule has 0 bridgehead atoms. The summed E-state index contributed by atoms with van der Waals surface area (Å²) < 4.78 is 6.55. The Morgan fingerprint density at radius 1 is 0.306 bits per heavy atom. The molecule has 0 fully saturated rings. The van der Waals surface area contributed by atoms with Gasteiger partial charge in [0.1, 0.15) is 11.2 Å². The van der Waals surface area contributed by atoms with Gasteiger partial charge in [-0.1, -0.05) is 140 Å². The molecule has 49 heavy (non-hydrogen) atoms. The Bertz CT molecular complexity index is 2470. The molecule has 9 aromatic rings. The van der Waals surface area contributed by atoms with E-state index < -0.39 is 0 Å². The molecule has 0 aliphatic rings. The van der Waals surface area contributed by atoms with Gasteiger partial charge in [0, 0.05) is 38.6 Å². The fraction of sp³-hybridized carbons (Fsp3) is 0. The second-order valence-corrected chi connectivity index (χ2v) is 11.6. The summed E-state index contributed by atoms with van der Waals surface area (Å²) in [6.07, 6.45) is 0. The van der Waals surface area contributed by atoms with E-state index in [0.29, 0.717) is 46.1 Å². The predicted octanol–water partition coefficient (Wildman–Crippen LogP) is 9.96. The molecule has 3 aromatic heterocycles. The molecule has 0 radical (unpaired) electrons. The molecule has 0 aliphatic carbocycles. The third-order valence-electron chi connectivity index (χ3n) is 8.38. The summed E-state index contributed by atoms with van der Waals surface area (Å²) in [6.45, 7) is 0. The van der Waals surface area contributed by atoms with Crippen molar-refractivity contribution in [2.45, 2.75) is 0 Å². The number of para-hydroxylation sites is 1. The number of rotatable bonds is 6. The summed E-state index contributed by atoms with van der Waals surface area (Å²) >= 11 is 0. The molecule has 0 saturated carbocycles. The lowest BCUT2D eigenvalue weighted by Crippen LogP contribution is -2.02. The van der Waals surface area contributed by atoms with Gasteiger partial charge in [-0.25, -0.2) is 29.9 Å². The van der Waals surface area contributed by atoms with Gasteiger partial charge in [0.05, 0.1) is 5.56 Å². The molecule has 3 heterocycles. The minimum Gasteiger partial charge on any atom is -0.455 e. The summed E-state index contributed by atoms with van der Waals surface area (Å²) in [5, 5.41) is 1.89. The normalized spacial score (nSPS) is 11.3. The molecule has 0 saturated heterocycles. The largest absolute Gasteiger partial charge is 0.455 e. The maximum absolute atomic E-state index is 6.55. The van der Waals surface area contributed by atoms with Crippen molar-refractivity contribution < 1.29 is 4.42 Å². The first kappa shape index (κ1) is 28.4. The molecule has 0 aliphatic heterocycles. The quantitative estimate of drug-likeness (QED) is 0.181. The molecular formula is C42H26N6O. The highest BCUT2D eigenvalue weighted by Gasteiger charge is 2.21. The maximum atomic E-state index is 6.55. The van der Waals surface area contributed by atoms with Gasteiger partial charge in [-0.2, -0.15) is 0 Å². The zero-order valence-corrected chi connectivity index (χ0v) is 26.1. The van der Waals surface area contributed by atoms with E-state index >= 15 is 0 Å². The van der Waals surface area contributed by atoms with Gasteiger partial charge in [0.25, 0.3) is 0 Å². The van der Waals surface area contributed by atoms with Crippen LogP contribution in [-0.4, -0.2) is 29.9 Å². The van der Waals surface area contributed by atoms with E-state index in [4.69, 9.17) is 34.3 Å². The average molecular weight is 631 g/mol. The SMILES string of the molecule is c1ccc(-c2nc(-c3ccccc3)nc(-c3cc(-c4nc(-c5ccccc5)nc(-c5ccccc5)n4)c4oc5ccccc5c4c3)n2)cc1. The molecule has 7 nitrogen and oxygen atoms in total. The lowest BCUT2D eigenvalue weighted by molar-refractivity contribution is 0.669. The zero-order chi connectivity index (χ0) is 32.6. The van der Waals surface area contributed by atoms with Crippen molar-refractivity contribution in [1.82, 2.24) is 29.9 Å². The average Bonchev–Trinajstić information content (AvgIpc) is 3.57. The Morgan fingerprint density at radius 3 is 1.12 bits per heavy atom. The maximum Gasteiger partial charge on any atom is 0.167 e. The number of nitrogens with zero attached hydrogens (tertiary/aromatic N) is 6. The molecule has 0 unspecified atom stereocenters. The minimum absolute atomic E-state index is 0.485. The molecule has 0 N–H and O–H groups in total. The fourth-order valence-electron chi connectivity index (χ4n) is 5.99. The number of furan rings is 1. The molecule has 230 valence electrons. The monoisotopic (exact) mass is 630 g/mol. The van der Waals surface area contributed by atoms with Crippen molar-refractivity contribution in [1.29, 1.82) is 0 Å². The minimum atomic E-state index is 0.485. The topological polar surface area (TPSA) is 90.5 Å². The van der Waals surface area contributed by atoms with Gasteiger partial charge in [0.15, 0.2) is 34.9 Å². The van der Waals surface area contributed by atoms with Crippen LogP contribution in [0.4, 0.5) is 0 Å². The van der Waals surface area contributed by atoms with E-state index in [0.717, 1.165) is 44.2 Å². The van der Waals surface area contributed by atoms with Gasteiger partial charge >= 0.3 is 0 Å². The highest BCUT2D eigenvalue weighted by molar-refractivity contribution is 6.10. The standard InChI is InChI=1S/C42H26N6O/c1-5-15-27(16-6-1)37-43-38(28-17-7-2-8-18-28)46-41(45-37)31-25-33-32-23-13-14-24-35(32)49-36(33)34(26-31)42-47-39(29-19-9-3-10-20-29)44-40(48-42)30-21-11-4-12-22-30/h1-26H. The fourth-order valence-corrected chi connectivity index (χ4v) is 5.99. The molecule has 0 spiro atoms. The van der Waals surface area contributed by atoms with Gasteiger partial charge in [-0.05, 0) is 18.2 Å². The van der Waals surface area contributed by atoms with Crippen molar-refractivity contribution in [3.05, 3.63) is 158 Å². The zero-order valence-electron chi connectivity index (χ0n) is 26.1. The Labute approximate surface area is 281 Å². The van der Waals surface area contributed by atoms with Crippen LogP contribution in [0.1, 0.15) is 0 Å². The number of benzene rings is 6. The lowest BCUT2D eigenvalue weighted by atomic mass is 10.0. The molecule has 9 rings (SSSR count). The summed E-state index contributed by atoms with van der Waals surface area (Å²) in [7, 11) is 0. The third-order valence-corrected chi connectivity index (χ3v) is 8.38. The van der Waals surface area contributed by atoms with Crippen LogP contribution in [0.2, 0.25) is 0 Å². The van der Waals surface area contributed by atoms with Gasteiger partial charge in [-0.3, -0.25) is 0 Å². The Morgan fingerprint density at radius 2 is 0.673 bits per heavy atom. The Kier molecular flexibility index (Phi) is 6.98. The van der Waals surface area contributed by atoms with Crippen LogP contribution in [0.3, 0.4) is 0 Å². The predicted molar refractivity (Wildman–Crippen MR) is 193 cm³/mol. The van der Waals surface area contributed by atoms with Crippen LogP contribution in [0.5, 0.6) is 0 Å². The number of aromatic nitrogens is 6. The third kappa shape index (κ3) is 5.39. The van der Waals surface area contributed by atoms with Crippen LogP contribution in [0, 0.1) is 0 Å². The van der Waals surface area contributed by atoms with Crippen LogP contribution in [-0.2, 0) is 0 Å². The van der Waals surface area contributed by atoms with E-state index in [1.165, 1.54) is 0 Å². The van der Waals surface area contributed by atoms with Crippen molar-refractivity contribution >= 4 is 21.9 Å². The van der Waals surface area contributed by atoms with Gasteiger partial charge in [-0.15, -0.1) is 0 Å². The first-order valence-electron chi connectivity index (χ1n) is 16.0. The first-order chi connectivity index (χ1) is 24.3. The summed E-state index contributed by atoms with van der Waals surface area (Å²) in [6, 6.07) is 51.9. The lowest BCUT2D eigenvalue weighted by Gasteiger charge is -2.11. The Balaban J connectivity index is 1.33. The second-order valence-electron chi connectivity index (χ2n) is 11.6. The highest BCUT2D eigenvalue weighted by atomic mass is 16.3. The van der Waals surface area contributed by atoms with Crippen LogP contribution < -0.4 is 0 Å². The van der Waals surface area contributed by atoms with Crippen molar-refractivity contribution in [2.75, 3.05) is 0 Å². The van der Waals surface area contributed by atoms with Crippen LogP contribution in [0.15, 0.2) is 162 Å². The van der Waals surface area contributed by atoms with E-state index in [-0.39, 0.29) is 0 Å². The molecule has 0 amide bonds. The Hall–Kier alpha value is -6.86. The van der Waals surface area contributed by atoms with E-state index in [1.807, 2.05) is 146 Å². The van der Waals surface area contributed by atoms with E-state index in [1.54, 1.807) is 0 Å². The smallest absolute Gasteiger partial charge is 0.167 e. The first-order valence-corrected chi connectivity index (χ1v) is 16.0. The van der Waals surface area contributed by atoms with Crippen LogP contribution in [0.25, 0.3) is 90.3 Å². The van der Waals surface area contributed by atoms with Crippen molar-refractivity contribution in [2.24, 2.45) is 0 Å². The number of hydrogen-bond acceptors (Lipinski definition) is 7. The number of fused-ring (bicyclic) bond motifs is 3. The van der Waals surface area contributed by atoms with Crippen molar-refractivity contribution in [3.8, 4) is 68.3 Å². The van der Waals surface area contributed by atoms with Gasteiger partial charge < -0.3 is 4.42 Å². The van der Waals surface area contributed by atoms with Crippen LogP contribution >= 0.6 is 0 Å². The second kappa shape index (κ2) is 12.1. The molecule has 0 atom stereocenters. The van der Waals surface area contributed by atoms with E-state index in [2.05, 4.69) is 12.1 Å². The van der Waals surface area contributed by atoms with Crippen molar-refractivity contribution in [3.63, 3.8) is 0 Å². The summed E-state index contributed by atoms with van der Waals surface area (Å²) in [5.74, 6) is 3.32. The molecular weight excluding hydrogens is 605 g/mol. The van der Waals surface area contributed by atoms with E-state index in [9.17, 15) is 0 Å². The van der Waals surface area contributed by atoms with Gasteiger partial charge in [0.2, 0.25) is 0 Å². The molecule has 7 heteroatoms.